The number of hydrogen-bond donors (Lipinski definition) is 3. The first-order chi connectivity index (χ1) is 10.8. The van der Waals surface area contributed by atoms with Gasteiger partial charge in [-0.25, -0.2) is 0 Å². The van der Waals surface area contributed by atoms with Crippen molar-refractivity contribution in [2.75, 3.05) is 10.6 Å². The van der Waals surface area contributed by atoms with E-state index >= 15 is 0 Å². The second kappa shape index (κ2) is 5.65. The number of fused-ring (bicyclic) bond motifs is 1. The van der Waals surface area contributed by atoms with Crippen LogP contribution in [0, 0.1) is 10.1 Å². The lowest BCUT2D eigenvalue weighted by molar-refractivity contribution is -0.384. The van der Waals surface area contributed by atoms with Gasteiger partial charge in [-0.3, -0.25) is 14.9 Å². The molecule has 7 nitrogen and oxygen atoms in total. The van der Waals surface area contributed by atoms with Crippen LogP contribution in [0.5, 0.6) is 0 Å². The third-order valence-corrected chi connectivity index (χ3v) is 3.88. The molecule has 3 N–H and O–H groups in total. The molecule has 0 bridgehead atoms. The Hall–Kier alpha value is -2.31. The molecule has 1 atom stereocenters. The number of hydrogen-bond acceptors (Lipinski definition) is 5. The van der Waals surface area contributed by atoms with E-state index in [1.807, 2.05) is 41.5 Å². The molecule has 0 radical (unpaired) electrons. The second-order valence-corrected chi connectivity index (χ2v) is 8.33. The van der Waals surface area contributed by atoms with Crippen molar-refractivity contribution >= 4 is 23.0 Å². The molecule has 0 saturated heterocycles. The van der Waals surface area contributed by atoms with E-state index < -0.39 is 10.5 Å². The Kier molecular flexibility index (Phi) is 4.24. The van der Waals surface area contributed by atoms with Crippen LogP contribution < -0.4 is 16.0 Å². The van der Waals surface area contributed by atoms with Crippen LogP contribution in [-0.2, 0) is 4.79 Å². The Morgan fingerprint density at radius 3 is 2.38 bits per heavy atom. The number of nitrogens with one attached hydrogen (secondary N) is 3. The highest BCUT2D eigenvalue weighted by Crippen LogP contribution is 2.38. The minimum atomic E-state index is -0.899. The number of carbonyl (C=O) groups excluding carboxylic acids is 1. The average molecular weight is 334 g/mol. The number of anilines is 2. The number of nitro groups is 1. The molecule has 0 spiro atoms. The summed E-state index contributed by atoms with van der Waals surface area (Å²) in [6, 6.07) is 4.60. The van der Waals surface area contributed by atoms with Gasteiger partial charge in [0.25, 0.3) is 5.69 Å². The van der Waals surface area contributed by atoms with Crippen molar-refractivity contribution in [1.82, 2.24) is 5.32 Å². The minimum Gasteiger partial charge on any atom is -0.378 e. The maximum atomic E-state index is 12.9. The van der Waals surface area contributed by atoms with Crippen molar-refractivity contribution in [3.63, 3.8) is 0 Å². The summed E-state index contributed by atoms with van der Waals surface area (Å²) < 4.78 is 0. The fourth-order valence-corrected chi connectivity index (χ4v) is 3.11. The molecule has 0 saturated carbocycles. The smallest absolute Gasteiger partial charge is 0.271 e. The molecule has 1 aliphatic rings. The van der Waals surface area contributed by atoms with E-state index in [0.717, 1.165) is 5.69 Å². The van der Waals surface area contributed by atoms with Gasteiger partial charge in [-0.15, -0.1) is 0 Å². The minimum absolute atomic E-state index is 0.0127. The quantitative estimate of drug-likeness (QED) is 0.570. The van der Waals surface area contributed by atoms with Crippen LogP contribution in [0.1, 0.15) is 48.0 Å². The molecule has 0 unspecified atom stereocenters. The number of amides is 1. The number of nitrogens with zero attached hydrogens (tertiary/aromatic N) is 1. The largest absolute Gasteiger partial charge is 0.378 e. The monoisotopic (exact) mass is 334 g/mol. The zero-order valence-corrected chi connectivity index (χ0v) is 15.1. The maximum Gasteiger partial charge on any atom is 0.271 e. The number of rotatable bonds is 2. The van der Waals surface area contributed by atoms with Crippen LogP contribution in [0.25, 0.3) is 0 Å². The van der Waals surface area contributed by atoms with E-state index in [4.69, 9.17) is 0 Å². The van der Waals surface area contributed by atoms with Crippen LogP contribution in [0.3, 0.4) is 0 Å². The van der Waals surface area contributed by atoms with Gasteiger partial charge in [0.15, 0.2) is 0 Å². The predicted molar refractivity (Wildman–Crippen MR) is 95.3 cm³/mol. The summed E-state index contributed by atoms with van der Waals surface area (Å²) >= 11 is 0. The Balaban J connectivity index is 2.46. The molecule has 1 amide bonds. The Labute approximate surface area is 142 Å². The Bertz CT molecular complexity index is 679. The molecule has 1 heterocycles. The van der Waals surface area contributed by atoms with Gasteiger partial charge in [0.2, 0.25) is 5.91 Å². The van der Waals surface area contributed by atoms with E-state index in [2.05, 4.69) is 16.0 Å². The fraction of sp³-hybridized carbons (Fsp3) is 0.588. The van der Waals surface area contributed by atoms with Crippen LogP contribution >= 0.6 is 0 Å². The number of benzene rings is 1. The van der Waals surface area contributed by atoms with E-state index in [1.165, 1.54) is 12.1 Å². The highest BCUT2D eigenvalue weighted by Gasteiger charge is 2.43. The van der Waals surface area contributed by atoms with Crippen LogP contribution in [0.15, 0.2) is 18.2 Å². The molecule has 0 fully saturated rings. The molecule has 0 aromatic heterocycles. The Morgan fingerprint density at radius 1 is 1.21 bits per heavy atom. The molecule has 1 aromatic carbocycles. The molecular weight excluding hydrogens is 308 g/mol. The zero-order valence-electron chi connectivity index (χ0n) is 15.1. The van der Waals surface area contributed by atoms with E-state index in [9.17, 15) is 14.9 Å². The van der Waals surface area contributed by atoms with Gasteiger partial charge >= 0.3 is 0 Å². The summed E-state index contributed by atoms with van der Waals surface area (Å²) in [5.74, 6) is -0.135. The predicted octanol–water partition coefficient (Wildman–Crippen LogP) is 3.27. The van der Waals surface area contributed by atoms with Gasteiger partial charge in [-0.05, 0) is 47.6 Å². The van der Waals surface area contributed by atoms with Crippen LogP contribution in [0.2, 0.25) is 0 Å². The van der Waals surface area contributed by atoms with Crippen LogP contribution in [0.4, 0.5) is 17.1 Å². The van der Waals surface area contributed by atoms with E-state index in [0.29, 0.717) is 12.1 Å². The van der Waals surface area contributed by atoms with Gasteiger partial charge < -0.3 is 16.0 Å². The van der Waals surface area contributed by atoms with Gasteiger partial charge in [0, 0.05) is 29.6 Å². The van der Waals surface area contributed by atoms with Gasteiger partial charge in [-0.2, -0.15) is 0 Å². The lowest BCUT2D eigenvalue weighted by atomic mass is 9.84. The second-order valence-electron chi connectivity index (χ2n) is 8.33. The van der Waals surface area contributed by atoms with E-state index in [-0.39, 0.29) is 22.7 Å². The van der Waals surface area contributed by atoms with Gasteiger partial charge in [0.1, 0.15) is 5.54 Å². The zero-order chi connectivity index (χ0) is 18.3. The van der Waals surface area contributed by atoms with Crippen molar-refractivity contribution in [1.29, 1.82) is 0 Å². The SMILES string of the molecule is CC(C)(C)NC(=O)[C@]1(C)CC(C)(C)Nc2ccc([N+](=O)[O-])cc2N1. The first-order valence-electron chi connectivity index (χ1n) is 7.99. The molecule has 132 valence electrons. The molecule has 0 aliphatic carbocycles. The summed E-state index contributed by atoms with van der Waals surface area (Å²) in [6.07, 6.45) is 0.518. The van der Waals surface area contributed by atoms with E-state index in [1.54, 1.807) is 6.07 Å². The third kappa shape index (κ3) is 3.96. The molecular formula is C17H26N4O3. The highest BCUT2D eigenvalue weighted by atomic mass is 16.6. The normalized spacial score (nSPS) is 22.4. The van der Waals surface area contributed by atoms with Crippen molar-refractivity contribution in [3.8, 4) is 0 Å². The summed E-state index contributed by atoms with van der Waals surface area (Å²) in [6.45, 7) is 11.6. The first-order valence-corrected chi connectivity index (χ1v) is 7.99. The van der Waals surface area contributed by atoms with Crippen LogP contribution in [-0.4, -0.2) is 27.4 Å². The first kappa shape index (κ1) is 18.0. The molecule has 1 aliphatic heterocycles. The number of non-ortho nitro benzene ring substituents is 1. The van der Waals surface area contributed by atoms with Crippen molar-refractivity contribution in [3.05, 3.63) is 28.3 Å². The Morgan fingerprint density at radius 2 is 1.83 bits per heavy atom. The molecule has 24 heavy (non-hydrogen) atoms. The maximum absolute atomic E-state index is 12.9. The third-order valence-electron chi connectivity index (χ3n) is 3.88. The number of carbonyl (C=O) groups is 1. The fourth-order valence-electron chi connectivity index (χ4n) is 3.11. The number of nitro benzene ring substituents is 1. The lowest BCUT2D eigenvalue weighted by Crippen LogP contribution is -2.57. The molecule has 2 rings (SSSR count). The van der Waals surface area contributed by atoms with Crippen molar-refractivity contribution in [2.45, 2.75) is 64.6 Å². The highest BCUT2D eigenvalue weighted by molar-refractivity contribution is 5.92. The summed E-state index contributed by atoms with van der Waals surface area (Å²) in [4.78, 5) is 23.5. The van der Waals surface area contributed by atoms with Gasteiger partial charge in [-0.1, -0.05) is 0 Å². The summed E-state index contributed by atoms with van der Waals surface area (Å²) in [5.41, 5.74) is -0.333. The van der Waals surface area contributed by atoms with Crippen molar-refractivity contribution < 1.29 is 9.72 Å². The standard InChI is InChI=1S/C17H26N4O3/c1-15(2,3)20-14(22)17(6)10-16(4,5)18-12-8-7-11(21(23)24)9-13(12)19-17/h7-9,18-19H,10H2,1-6H3,(H,20,22)/t17-/m0/s1. The average Bonchev–Trinajstić information content (AvgIpc) is 2.47. The molecule has 7 heteroatoms. The molecule has 1 aromatic rings. The van der Waals surface area contributed by atoms with Gasteiger partial charge in [0.05, 0.1) is 16.3 Å². The lowest BCUT2D eigenvalue weighted by Gasteiger charge is -2.37. The summed E-state index contributed by atoms with van der Waals surface area (Å²) in [5, 5.41) is 20.7. The van der Waals surface area contributed by atoms with Crippen molar-refractivity contribution in [2.24, 2.45) is 0 Å². The topological polar surface area (TPSA) is 96.3 Å². The summed E-state index contributed by atoms with van der Waals surface area (Å²) in [7, 11) is 0.